The van der Waals surface area contributed by atoms with E-state index in [1.54, 1.807) is 31.2 Å². The molecule has 0 aliphatic heterocycles. The van der Waals surface area contributed by atoms with Crippen molar-refractivity contribution >= 4 is 5.91 Å². The Hall–Kier alpha value is -2.31. The lowest BCUT2D eigenvalue weighted by Gasteiger charge is -2.27. The number of halogens is 3. The number of H-pyrrole nitrogens is 1. The first kappa shape index (κ1) is 17.1. The summed E-state index contributed by atoms with van der Waals surface area (Å²) in [6.07, 6.45) is -2.40. The maximum absolute atomic E-state index is 13.3. The lowest BCUT2D eigenvalue weighted by atomic mass is 10.0. The maximum atomic E-state index is 13.3. The second kappa shape index (κ2) is 7.30. The van der Waals surface area contributed by atoms with E-state index in [4.69, 9.17) is 0 Å². The number of carbonyl (C=O) groups is 1. The number of hydrogen-bond donors (Lipinski definition) is 1. The Morgan fingerprint density at radius 3 is 2.52 bits per heavy atom. The predicted molar refractivity (Wildman–Crippen MR) is 79.4 cm³/mol. The Kier molecular flexibility index (Phi) is 5.41. The molecule has 23 heavy (non-hydrogen) atoms. The number of rotatable bonds is 6. The summed E-state index contributed by atoms with van der Waals surface area (Å²) in [4.78, 5) is 20.0. The Balaban J connectivity index is 2.17. The third-order valence-electron chi connectivity index (χ3n) is 3.57. The number of nitrogens with one attached hydrogen (secondary N) is 1. The Bertz CT molecular complexity index is 611. The SMILES string of the molecule is CCN(Cc1ccccc1)C(=O)C(Cc1c[nH]cn1)C(F)(F)F. The zero-order valence-electron chi connectivity index (χ0n) is 12.7. The molecule has 1 unspecified atom stereocenters. The van der Waals surface area contributed by atoms with Gasteiger partial charge in [0.15, 0.2) is 0 Å². The van der Waals surface area contributed by atoms with E-state index < -0.39 is 24.4 Å². The number of hydrogen-bond acceptors (Lipinski definition) is 2. The molecule has 1 aromatic heterocycles. The summed E-state index contributed by atoms with van der Waals surface area (Å²) in [5.74, 6) is -3.01. The monoisotopic (exact) mass is 325 g/mol. The van der Waals surface area contributed by atoms with Gasteiger partial charge in [-0.15, -0.1) is 0 Å². The molecule has 0 radical (unpaired) electrons. The molecular formula is C16H18F3N3O. The molecule has 1 atom stereocenters. The first-order valence-corrected chi connectivity index (χ1v) is 7.29. The number of alkyl halides is 3. The van der Waals surface area contributed by atoms with Crippen LogP contribution in [0.4, 0.5) is 13.2 Å². The highest BCUT2D eigenvalue weighted by Gasteiger charge is 2.46. The average molecular weight is 325 g/mol. The molecule has 0 saturated carbocycles. The summed E-state index contributed by atoms with van der Waals surface area (Å²) in [5.41, 5.74) is 1.01. The van der Waals surface area contributed by atoms with E-state index >= 15 is 0 Å². The molecule has 2 aromatic rings. The lowest BCUT2D eigenvalue weighted by Crippen LogP contribution is -2.43. The van der Waals surface area contributed by atoms with Crippen LogP contribution in [0.5, 0.6) is 0 Å². The molecule has 1 heterocycles. The minimum atomic E-state index is -4.61. The van der Waals surface area contributed by atoms with Crippen molar-refractivity contribution in [3.63, 3.8) is 0 Å². The van der Waals surface area contributed by atoms with Crippen LogP contribution in [0, 0.1) is 5.92 Å². The minimum Gasteiger partial charge on any atom is -0.351 e. The number of aromatic nitrogens is 2. The van der Waals surface area contributed by atoms with Crippen molar-refractivity contribution in [2.75, 3.05) is 6.54 Å². The molecule has 124 valence electrons. The molecule has 0 spiro atoms. The zero-order chi connectivity index (χ0) is 16.9. The van der Waals surface area contributed by atoms with Crippen molar-refractivity contribution in [2.24, 2.45) is 5.92 Å². The Morgan fingerprint density at radius 1 is 1.30 bits per heavy atom. The van der Waals surface area contributed by atoms with E-state index in [0.29, 0.717) is 0 Å². The van der Waals surface area contributed by atoms with Gasteiger partial charge in [-0.1, -0.05) is 30.3 Å². The van der Waals surface area contributed by atoms with Gasteiger partial charge in [0.2, 0.25) is 5.91 Å². The van der Waals surface area contributed by atoms with Crippen molar-refractivity contribution < 1.29 is 18.0 Å². The summed E-state index contributed by atoms with van der Waals surface area (Å²) in [6, 6.07) is 8.97. The summed E-state index contributed by atoms with van der Waals surface area (Å²) in [6.45, 7) is 2.03. The molecule has 1 N–H and O–H groups in total. The molecule has 2 rings (SSSR count). The van der Waals surface area contributed by atoms with Crippen LogP contribution in [0.15, 0.2) is 42.9 Å². The van der Waals surface area contributed by atoms with E-state index in [1.807, 2.05) is 6.07 Å². The van der Waals surface area contributed by atoms with Gasteiger partial charge in [-0.2, -0.15) is 13.2 Å². The van der Waals surface area contributed by atoms with E-state index in [0.717, 1.165) is 5.56 Å². The van der Waals surface area contributed by atoms with E-state index in [1.165, 1.54) is 17.4 Å². The summed E-state index contributed by atoms with van der Waals surface area (Å²) < 4.78 is 39.9. The number of imidazole rings is 1. The van der Waals surface area contributed by atoms with Crippen molar-refractivity contribution in [2.45, 2.75) is 26.1 Å². The number of amides is 1. The highest BCUT2D eigenvalue weighted by Crippen LogP contribution is 2.31. The van der Waals surface area contributed by atoms with E-state index in [9.17, 15) is 18.0 Å². The third-order valence-corrected chi connectivity index (χ3v) is 3.57. The standard InChI is InChI=1S/C16H18F3N3O/c1-2-22(10-12-6-4-3-5-7-12)15(23)14(16(17,18)19)8-13-9-20-11-21-13/h3-7,9,11,14H,2,8,10H2,1H3,(H,20,21). The van der Waals surface area contributed by atoms with Crippen LogP contribution in [0.25, 0.3) is 0 Å². The molecule has 7 heteroatoms. The van der Waals surface area contributed by atoms with Crippen LogP contribution >= 0.6 is 0 Å². The number of carbonyl (C=O) groups excluding carboxylic acids is 1. The van der Waals surface area contributed by atoms with Crippen molar-refractivity contribution in [1.82, 2.24) is 14.9 Å². The van der Waals surface area contributed by atoms with Gasteiger partial charge in [-0.3, -0.25) is 4.79 Å². The summed E-state index contributed by atoms with van der Waals surface area (Å²) >= 11 is 0. The van der Waals surface area contributed by atoms with Crippen LogP contribution in [0.3, 0.4) is 0 Å². The van der Waals surface area contributed by atoms with Gasteiger partial charge in [0.1, 0.15) is 5.92 Å². The molecule has 0 aliphatic carbocycles. The first-order chi connectivity index (χ1) is 10.9. The van der Waals surface area contributed by atoms with Gasteiger partial charge >= 0.3 is 6.18 Å². The summed E-state index contributed by atoms with van der Waals surface area (Å²) in [5, 5.41) is 0. The van der Waals surface area contributed by atoms with Gasteiger partial charge in [0.25, 0.3) is 0 Å². The first-order valence-electron chi connectivity index (χ1n) is 7.29. The fourth-order valence-corrected chi connectivity index (χ4v) is 2.32. The average Bonchev–Trinajstić information content (AvgIpc) is 3.03. The van der Waals surface area contributed by atoms with Gasteiger partial charge in [0, 0.05) is 25.7 Å². The molecular weight excluding hydrogens is 307 g/mol. The van der Waals surface area contributed by atoms with Crippen LogP contribution in [0.2, 0.25) is 0 Å². The minimum absolute atomic E-state index is 0.156. The Morgan fingerprint density at radius 2 is 2.00 bits per heavy atom. The molecule has 4 nitrogen and oxygen atoms in total. The smallest absolute Gasteiger partial charge is 0.351 e. The maximum Gasteiger partial charge on any atom is 0.400 e. The van der Waals surface area contributed by atoms with Crippen molar-refractivity contribution in [3.8, 4) is 0 Å². The third kappa shape index (κ3) is 4.58. The van der Waals surface area contributed by atoms with Crippen molar-refractivity contribution in [3.05, 3.63) is 54.1 Å². The van der Waals surface area contributed by atoms with Crippen LogP contribution in [0.1, 0.15) is 18.2 Å². The van der Waals surface area contributed by atoms with Crippen molar-refractivity contribution in [1.29, 1.82) is 0 Å². The van der Waals surface area contributed by atoms with Gasteiger partial charge in [-0.25, -0.2) is 4.98 Å². The van der Waals surface area contributed by atoms with Crippen LogP contribution < -0.4 is 0 Å². The van der Waals surface area contributed by atoms with Gasteiger partial charge in [0.05, 0.1) is 12.0 Å². The quantitative estimate of drug-likeness (QED) is 0.887. The predicted octanol–water partition coefficient (Wildman–Crippen LogP) is 3.18. The molecule has 1 aromatic carbocycles. The van der Waals surface area contributed by atoms with Crippen LogP contribution in [-0.2, 0) is 17.8 Å². The lowest BCUT2D eigenvalue weighted by molar-refractivity contribution is -0.189. The topological polar surface area (TPSA) is 49.0 Å². The molecule has 0 aliphatic rings. The normalized spacial score (nSPS) is 12.9. The number of aromatic amines is 1. The highest BCUT2D eigenvalue weighted by atomic mass is 19.4. The van der Waals surface area contributed by atoms with E-state index in [2.05, 4.69) is 9.97 Å². The summed E-state index contributed by atoms with van der Waals surface area (Å²) in [7, 11) is 0. The molecule has 1 amide bonds. The number of benzene rings is 1. The van der Waals surface area contributed by atoms with E-state index in [-0.39, 0.29) is 18.8 Å². The highest BCUT2D eigenvalue weighted by molar-refractivity contribution is 5.80. The second-order valence-corrected chi connectivity index (χ2v) is 5.20. The Labute approximate surface area is 132 Å². The molecule has 0 saturated heterocycles. The zero-order valence-corrected chi connectivity index (χ0v) is 12.7. The van der Waals surface area contributed by atoms with Gasteiger partial charge < -0.3 is 9.88 Å². The molecule has 0 bridgehead atoms. The van der Waals surface area contributed by atoms with Gasteiger partial charge in [-0.05, 0) is 12.5 Å². The van der Waals surface area contributed by atoms with Crippen LogP contribution in [-0.4, -0.2) is 33.5 Å². The number of nitrogens with zero attached hydrogens (tertiary/aromatic N) is 2. The fraction of sp³-hybridized carbons (Fsp3) is 0.375. The fourth-order valence-electron chi connectivity index (χ4n) is 2.32. The largest absolute Gasteiger partial charge is 0.400 e. The second-order valence-electron chi connectivity index (χ2n) is 5.20. The molecule has 0 fully saturated rings.